The summed E-state index contributed by atoms with van der Waals surface area (Å²) in [4.78, 5) is 0. The fourth-order valence-corrected chi connectivity index (χ4v) is 1.82. The Bertz CT molecular complexity index is 511. The van der Waals surface area contributed by atoms with Gasteiger partial charge in [0.05, 0.1) is 0 Å². The van der Waals surface area contributed by atoms with E-state index in [1.54, 1.807) is 12.1 Å². The second kappa shape index (κ2) is 6.07. The number of phenols is 1. The van der Waals surface area contributed by atoms with Gasteiger partial charge in [-0.05, 0) is 30.2 Å². The predicted octanol–water partition coefficient (Wildman–Crippen LogP) is 2.54. The molecule has 3 N–H and O–H groups in total. The van der Waals surface area contributed by atoms with Gasteiger partial charge in [0.25, 0.3) is 0 Å². The van der Waals surface area contributed by atoms with E-state index in [1.807, 2.05) is 36.4 Å². The molecule has 3 nitrogen and oxygen atoms in total. The molecule has 0 bridgehead atoms. The van der Waals surface area contributed by atoms with Crippen molar-refractivity contribution in [3.8, 4) is 5.75 Å². The van der Waals surface area contributed by atoms with Crippen molar-refractivity contribution in [3.05, 3.63) is 59.7 Å². The van der Waals surface area contributed by atoms with Crippen LogP contribution in [0.1, 0.15) is 11.1 Å². The summed E-state index contributed by atoms with van der Waals surface area (Å²) in [6, 6.07) is 15.2. The fraction of sp³-hybridized carbons (Fsp3) is 0.200. The number of anilines is 1. The highest BCUT2D eigenvalue weighted by Gasteiger charge is 2.00. The molecule has 0 heterocycles. The quantitative estimate of drug-likeness (QED) is 0.756. The lowest BCUT2D eigenvalue weighted by atomic mass is 10.1. The molecule has 0 saturated heterocycles. The van der Waals surface area contributed by atoms with Crippen LogP contribution in [0, 0.1) is 0 Å². The highest BCUT2D eigenvalue weighted by molar-refractivity contribution is 5.47. The third kappa shape index (κ3) is 3.25. The summed E-state index contributed by atoms with van der Waals surface area (Å²) in [7, 11) is 0. The molecule has 3 heteroatoms. The molecule has 0 aliphatic heterocycles. The molecule has 0 saturated carbocycles. The van der Waals surface area contributed by atoms with Crippen molar-refractivity contribution >= 4 is 5.69 Å². The second-order valence-electron chi connectivity index (χ2n) is 4.16. The Kier molecular flexibility index (Phi) is 4.20. The zero-order chi connectivity index (χ0) is 12.8. The number of phenolic OH excluding ortho intramolecular Hbond substituents is 1. The van der Waals surface area contributed by atoms with Crippen LogP contribution >= 0.6 is 0 Å². The number of aromatic hydroxyl groups is 1. The Morgan fingerprint density at radius 2 is 1.83 bits per heavy atom. The van der Waals surface area contributed by atoms with E-state index >= 15 is 0 Å². The van der Waals surface area contributed by atoms with Gasteiger partial charge in [-0.1, -0.05) is 30.3 Å². The Balaban J connectivity index is 2.02. The first kappa shape index (κ1) is 12.5. The highest BCUT2D eigenvalue weighted by Crippen LogP contribution is 2.18. The van der Waals surface area contributed by atoms with Crippen LogP contribution < -0.4 is 5.32 Å². The molecular formula is C15H17NO2. The van der Waals surface area contributed by atoms with Gasteiger partial charge >= 0.3 is 0 Å². The van der Waals surface area contributed by atoms with E-state index in [0.29, 0.717) is 18.7 Å². The Hall–Kier alpha value is -2.00. The number of hydrogen-bond donors (Lipinski definition) is 3. The van der Waals surface area contributed by atoms with Gasteiger partial charge in [-0.3, -0.25) is 0 Å². The van der Waals surface area contributed by atoms with Crippen LogP contribution in [0.15, 0.2) is 48.5 Å². The summed E-state index contributed by atoms with van der Waals surface area (Å²) in [5, 5.41) is 21.8. The van der Waals surface area contributed by atoms with E-state index in [1.165, 1.54) is 0 Å². The van der Waals surface area contributed by atoms with Gasteiger partial charge in [-0.15, -0.1) is 0 Å². The molecular weight excluding hydrogens is 226 g/mol. The van der Waals surface area contributed by atoms with Crippen LogP contribution in [0.3, 0.4) is 0 Å². The van der Waals surface area contributed by atoms with Crippen LogP contribution in [0.25, 0.3) is 0 Å². The van der Waals surface area contributed by atoms with Crippen LogP contribution in [-0.2, 0) is 13.0 Å². The first-order valence-corrected chi connectivity index (χ1v) is 6.00. The molecule has 94 valence electrons. The molecule has 0 spiro atoms. The Morgan fingerprint density at radius 3 is 2.61 bits per heavy atom. The van der Waals surface area contributed by atoms with Gasteiger partial charge in [0.1, 0.15) is 5.75 Å². The molecule has 0 atom stereocenters. The monoisotopic (exact) mass is 243 g/mol. The minimum Gasteiger partial charge on any atom is -0.508 e. The van der Waals surface area contributed by atoms with Crippen molar-refractivity contribution in [2.45, 2.75) is 13.0 Å². The van der Waals surface area contributed by atoms with Gasteiger partial charge < -0.3 is 15.5 Å². The minimum absolute atomic E-state index is 0.156. The topological polar surface area (TPSA) is 52.5 Å². The summed E-state index contributed by atoms with van der Waals surface area (Å²) in [6.45, 7) is 0.734. The third-order valence-electron chi connectivity index (χ3n) is 2.80. The summed E-state index contributed by atoms with van der Waals surface area (Å²) in [5.74, 6) is 0.302. The van der Waals surface area contributed by atoms with Crippen molar-refractivity contribution in [3.63, 3.8) is 0 Å². The molecule has 2 aromatic carbocycles. The number of rotatable bonds is 5. The van der Waals surface area contributed by atoms with Crippen molar-refractivity contribution in [1.82, 2.24) is 0 Å². The standard InChI is InChI=1S/C15H17NO2/c17-9-8-12-4-3-6-14(10-12)16-11-13-5-1-2-7-15(13)18/h1-7,10,16-18H,8-9,11H2. The van der Waals surface area contributed by atoms with Crippen molar-refractivity contribution in [2.24, 2.45) is 0 Å². The summed E-state index contributed by atoms with van der Waals surface area (Å²) < 4.78 is 0. The smallest absolute Gasteiger partial charge is 0.120 e. The number of benzene rings is 2. The lowest BCUT2D eigenvalue weighted by molar-refractivity contribution is 0.299. The Labute approximate surface area is 107 Å². The summed E-state index contributed by atoms with van der Waals surface area (Å²) >= 11 is 0. The molecule has 0 fully saturated rings. The van der Waals surface area contributed by atoms with Crippen LogP contribution in [0.2, 0.25) is 0 Å². The highest BCUT2D eigenvalue weighted by atomic mass is 16.3. The predicted molar refractivity (Wildman–Crippen MR) is 72.7 cm³/mol. The van der Waals surface area contributed by atoms with Crippen molar-refractivity contribution < 1.29 is 10.2 Å². The zero-order valence-corrected chi connectivity index (χ0v) is 10.1. The number of nitrogens with one attached hydrogen (secondary N) is 1. The lowest BCUT2D eigenvalue weighted by Gasteiger charge is -2.09. The molecule has 2 aromatic rings. The molecule has 2 rings (SSSR count). The van der Waals surface area contributed by atoms with Gasteiger partial charge in [-0.25, -0.2) is 0 Å². The van der Waals surface area contributed by atoms with Crippen LogP contribution in [0.5, 0.6) is 5.75 Å². The normalized spacial score (nSPS) is 10.3. The van der Waals surface area contributed by atoms with Gasteiger partial charge in [0.15, 0.2) is 0 Å². The van der Waals surface area contributed by atoms with Crippen LogP contribution in [-0.4, -0.2) is 16.8 Å². The van der Waals surface area contributed by atoms with Crippen molar-refractivity contribution in [1.29, 1.82) is 0 Å². The third-order valence-corrected chi connectivity index (χ3v) is 2.80. The van der Waals surface area contributed by atoms with Gasteiger partial charge in [-0.2, -0.15) is 0 Å². The Morgan fingerprint density at radius 1 is 1.00 bits per heavy atom. The molecule has 18 heavy (non-hydrogen) atoms. The SMILES string of the molecule is OCCc1cccc(NCc2ccccc2O)c1. The number of aliphatic hydroxyl groups excluding tert-OH is 1. The lowest BCUT2D eigenvalue weighted by Crippen LogP contribution is -2.00. The van der Waals surface area contributed by atoms with Crippen molar-refractivity contribution in [2.75, 3.05) is 11.9 Å². The molecule has 0 unspecified atom stereocenters. The first-order chi connectivity index (χ1) is 8.79. The molecule has 0 aliphatic rings. The fourth-order valence-electron chi connectivity index (χ4n) is 1.82. The van der Waals surface area contributed by atoms with E-state index < -0.39 is 0 Å². The minimum atomic E-state index is 0.156. The van der Waals surface area contributed by atoms with Crippen LogP contribution in [0.4, 0.5) is 5.69 Å². The summed E-state index contributed by atoms with van der Waals surface area (Å²) in [6.07, 6.45) is 0.659. The van der Waals surface area contributed by atoms with E-state index in [0.717, 1.165) is 16.8 Å². The van der Waals surface area contributed by atoms with Gasteiger partial charge in [0, 0.05) is 24.4 Å². The van der Waals surface area contributed by atoms with Gasteiger partial charge in [0.2, 0.25) is 0 Å². The number of aliphatic hydroxyl groups is 1. The zero-order valence-electron chi connectivity index (χ0n) is 10.1. The van der Waals surface area contributed by atoms with E-state index in [9.17, 15) is 5.11 Å². The maximum atomic E-state index is 9.65. The van der Waals surface area contributed by atoms with E-state index in [2.05, 4.69) is 5.32 Å². The molecule has 0 amide bonds. The number of hydrogen-bond acceptors (Lipinski definition) is 3. The summed E-state index contributed by atoms with van der Waals surface area (Å²) in [5.41, 5.74) is 2.95. The molecule has 0 aliphatic carbocycles. The van der Waals surface area contributed by atoms with E-state index in [4.69, 9.17) is 5.11 Å². The average Bonchev–Trinajstić information content (AvgIpc) is 2.39. The second-order valence-corrected chi connectivity index (χ2v) is 4.16. The van der Waals surface area contributed by atoms with E-state index in [-0.39, 0.29) is 6.61 Å². The maximum absolute atomic E-state index is 9.65. The average molecular weight is 243 g/mol. The molecule has 0 aromatic heterocycles. The first-order valence-electron chi connectivity index (χ1n) is 6.00. The molecule has 0 radical (unpaired) electrons. The number of para-hydroxylation sites is 1. The maximum Gasteiger partial charge on any atom is 0.120 e. The largest absolute Gasteiger partial charge is 0.508 e.